The molecule has 0 spiro atoms. The maximum atomic E-state index is 13.4. The number of para-hydroxylation sites is 1. The molecular formula is C32H42N6O6. The number of amides is 4. The minimum Gasteiger partial charge on any atom is -0.444 e. The molecular weight excluding hydrogens is 564 g/mol. The van der Waals surface area contributed by atoms with Gasteiger partial charge in [-0.1, -0.05) is 48.5 Å². The smallest absolute Gasteiger partial charge is 0.408 e. The van der Waals surface area contributed by atoms with Crippen molar-refractivity contribution >= 4 is 35.3 Å². The van der Waals surface area contributed by atoms with Crippen molar-refractivity contribution < 1.29 is 28.7 Å². The number of ketones is 1. The summed E-state index contributed by atoms with van der Waals surface area (Å²) in [4.78, 5) is 55.3. The number of hydrogen-bond acceptors (Lipinski definition) is 7. The molecule has 0 bridgehead atoms. The Morgan fingerprint density at radius 1 is 0.932 bits per heavy atom. The van der Waals surface area contributed by atoms with Crippen LogP contribution in [0.5, 0.6) is 0 Å². The first-order valence-corrected chi connectivity index (χ1v) is 14.3. The van der Waals surface area contributed by atoms with Crippen LogP contribution in [0.3, 0.4) is 0 Å². The third-order valence-corrected chi connectivity index (χ3v) is 6.47. The second-order valence-corrected chi connectivity index (χ2v) is 11.9. The fraction of sp³-hybridized carbons (Fsp3) is 0.406. The number of alkyl carbamates (subject to hydrolysis) is 1. The molecule has 3 rings (SSSR count). The van der Waals surface area contributed by atoms with E-state index in [0.717, 1.165) is 11.1 Å². The number of benzene rings is 2. The van der Waals surface area contributed by atoms with E-state index in [1.54, 1.807) is 57.8 Å². The van der Waals surface area contributed by atoms with E-state index in [1.807, 2.05) is 48.5 Å². The van der Waals surface area contributed by atoms with Crippen molar-refractivity contribution in [3.63, 3.8) is 0 Å². The molecule has 1 atom stereocenters. The van der Waals surface area contributed by atoms with E-state index in [-0.39, 0.29) is 31.4 Å². The van der Waals surface area contributed by atoms with Crippen LogP contribution in [0, 0.1) is 5.92 Å². The zero-order valence-electron chi connectivity index (χ0n) is 26.1. The van der Waals surface area contributed by atoms with Gasteiger partial charge in [-0.25, -0.2) is 14.6 Å². The molecule has 0 aliphatic carbocycles. The van der Waals surface area contributed by atoms with Gasteiger partial charge in [0.15, 0.2) is 11.6 Å². The number of urea groups is 1. The molecule has 12 heteroatoms. The van der Waals surface area contributed by atoms with E-state index in [9.17, 15) is 19.2 Å². The predicted molar refractivity (Wildman–Crippen MR) is 167 cm³/mol. The van der Waals surface area contributed by atoms with Crippen LogP contribution >= 0.6 is 0 Å². The standard InChI is InChI=1S/C32H42N6O6/c1-31(2,3)44-30(42)37-32(4,5)26(39)16-24(20-43-19-22-12-8-7-9-13-22)28(40)36-27-18-38(21-34-27)17-23-14-10-11-15-25(23)35-29(41)33-6/h7-15,18,21,24H,16-17,19-20H2,1-6H3,(H,36,40)(H,37,42)(H2,33,35,41). The molecule has 4 N–H and O–H groups in total. The summed E-state index contributed by atoms with van der Waals surface area (Å²) in [5.41, 5.74) is 0.378. The number of nitrogens with one attached hydrogen (secondary N) is 4. The number of carbonyl (C=O) groups is 4. The third kappa shape index (κ3) is 10.8. The van der Waals surface area contributed by atoms with Gasteiger partial charge in [0.1, 0.15) is 5.60 Å². The number of imidazole rings is 1. The molecule has 4 amide bonds. The van der Waals surface area contributed by atoms with Crippen LogP contribution in [0.1, 0.15) is 52.2 Å². The van der Waals surface area contributed by atoms with Crippen molar-refractivity contribution in [1.29, 1.82) is 0 Å². The maximum Gasteiger partial charge on any atom is 0.408 e. The summed E-state index contributed by atoms with van der Waals surface area (Å²) in [5.74, 6) is -1.39. The van der Waals surface area contributed by atoms with Gasteiger partial charge in [-0.3, -0.25) is 9.59 Å². The third-order valence-electron chi connectivity index (χ3n) is 6.47. The number of hydrogen-bond donors (Lipinski definition) is 4. The molecule has 1 unspecified atom stereocenters. The molecule has 1 aromatic heterocycles. The van der Waals surface area contributed by atoms with Gasteiger partial charge in [0, 0.05) is 25.4 Å². The average molecular weight is 607 g/mol. The van der Waals surface area contributed by atoms with Crippen LogP contribution in [-0.4, -0.2) is 58.2 Å². The molecule has 3 aromatic rings. The number of ether oxygens (including phenoxy) is 2. The summed E-state index contributed by atoms with van der Waals surface area (Å²) in [7, 11) is 1.54. The molecule has 0 saturated carbocycles. The largest absolute Gasteiger partial charge is 0.444 e. The summed E-state index contributed by atoms with van der Waals surface area (Å²) < 4.78 is 12.9. The van der Waals surface area contributed by atoms with E-state index < -0.39 is 29.1 Å². The zero-order chi connectivity index (χ0) is 32.3. The molecule has 2 aromatic carbocycles. The minimum atomic E-state index is -1.29. The van der Waals surface area contributed by atoms with Gasteiger partial charge < -0.3 is 35.3 Å². The highest BCUT2D eigenvalue weighted by Crippen LogP contribution is 2.20. The van der Waals surface area contributed by atoms with Crippen molar-refractivity contribution in [1.82, 2.24) is 20.2 Å². The van der Waals surface area contributed by atoms with E-state index >= 15 is 0 Å². The Bertz CT molecular complexity index is 1430. The maximum absolute atomic E-state index is 13.4. The first kappa shape index (κ1) is 33.8. The molecule has 0 radical (unpaired) electrons. The van der Waals surface area contributed by atoms with Gasteiger partial charge in [0.25, 0.3) is 0 Å². The van der Waals surface area contributed by atoms with Crippen LogP contribution in [-0.2, 0) is 32.2 Å². The van der Waals surface area contributed by atoms with Gasteiger partial charge in [-0.05, 0) is 51.8 Å². The molecule has 0 fully saturated rings. The number of anilines is 2. The SMILES string of the molecule is CNC(=O)Nc1ccccc1Cn1cnc(NC(=O)C(COCc2ccccc2)CC(=O)C(C)(C)NC(=O)OC(C)(C)C)c1. The number of carbonyl (C=O) groups excluding carboxylic acids is 4. The van der Waals surface area contributed by atoms with Crippen molar-refractivity contribution in [2.24, 2.45) is 5.92 Å². The van der Waals surface area contributed by atoms with Crippen molar-refractivity contribution in [3.05, 3.63) is 78.2 Å². The summed E-state index contributed by atoms with van der Waals surface area (Å²) in [6.07, 6.45) is 2.30. The van der Waals surface area contributed by atoms with E-state index in [4.69, 9.17) is 9.47 Å². The summed E-state index contributed by atoms with van der Waals surface area (Å²) in [6.45, 7) is 8.94. The Morgan fingerprint density at radius 2 is 1.61 bits per heavy atom. The number of Topliss-reactive ketones (excluding diaryl/α,β-unsaturated/α-hetero) is 1. The van der Waals surface area contributed by atoms with Crippen molar-refractivity contribution in [2.45, 2.75) is 65.3 Å². The van der Waals surface area contributed by atoms with E-state index in [2.05, 4.69) is 26.3 Å². The molecule has 0 saturated heterocycles. The lowest BCUT2D eigenvalue weighted by atomic mass is 9.90. The quantitative estimate of drug-likeness (QED) is 0.220. The highest BCUT2D eigenvalue weighted by atomic mass is 16.6. The topological polar surface area (TPSA) is 153 Å². The van der Waals surface area contributed by atoms with Gasteiger partial charge in [-0.15, -0.1) is 0 Å². The lowest BCUT2D eigenvalue weighted by Crippen LogP contribution is -2.52. The number of rotatable bonds is 13. The second-order valence-electron chi connectivity index (χ2n) is 11.9. The highest BCUT2D eigenvalue weighted by molar-refractivity contribution is 5.98. The summed E-state index contributed by atoms with van der Waals surface area (Å²) in [6, 6.07) is 16.5. The van der Waals surface area contributed by atoms with Crippen LogP contribution in [0.2, 0.25) is 0 Å². The minimum absolute atomic E-state index is 0.0335. The normalized spacial score (nSPS) is 12.1. The first-order chi connectivity index (χ1) is 20.8. The lowest BCUT2D eigenvalue weighted by Gasteiger charge is -2.28. The Labute approximate surface area is 257 Å². The Balaban J connectivity index is 1.70. The summed E-state index contributed by atoms with van der Waals surface area (Å²) >= 11 is 0. The average Bonchev–Trinajstić information content (AvgIpc) is 3.39. The van der Waals surface area contributed by atoms with Crippen LogP contribution in [0.15, 0.2) is 67.1 Å². The number of aromatic nitrogens is 2. The van der Waals surface area contributed by atoms with E-state index in [1.165, 1.54) is 7.05 Å². The van der Waals surface area contributed by atoms with Crippen molar-refractivity contribution in [3.8, 4) is 0 Å². The van der Waals surface area contributed by atoms with Gasteiger partial charge in [0.05, 0.1) is 37.5 Å². The van der Waals surface area contributed by atoms with Gasteiger partial charge >= 0.3 is 12.1 Å². The second kappa shape index (κ2) is 15.1. The molecule has 236 valence electrons. The Morgan fingerprint density at radius 3 is 2.30 bits per heavy atom. The highest BCUT2D eigenvalue weighted by Gasteiger charge is 2.35. The Hall–Kier alpha value is -4.71. The molecule has 12 nitrogen and oxygen atoms in total. The first-order valence-electron chi connectivity index (χ1n) is 14.3. The van der Waals surface area contributed by atoms with Crippen LogP contribution in [0.4, 0.5) is 21.1 Å². The van der Waals surface area contributed by atoms with Crippen molar-refractivity contribution in [2.75, 3.05) is 24.3 Å². The van der Waals surface area contributed by atoms with Gasteiger partial charge in [-0.2, -0.15) is 0 Å². The van der Waals surface area contributed by atoms with Crippen LogP contribution in [0.25, 0.3) is 0 Å². The molecule has 44 heavy (non-hydrogen) atoms. The molecule has 0 aliphatic heterocycles. The Kier molecular flexibility index (Phi) is 11.6. The molecule has 1 heterocycles. The van der Waals surface area contributed by atoms with Gasteiger partial charge in [0.2, 0.25) is 5.91 Å². The predicted octanol–water partition coefficient (Wildman–Crippen LogP) is 4.72. The number of nitrogens with zero attached hydrogens (tertiary/aromatic N) is 2. The fourth-order valence-electron chi connectivity index (χ4n) is 4.13. The zero-order valence-corrected chi connectivity index (χ0v) is 26.1. The van der Waals surface area contributed by atoms with Crippen LogP contribution < -0.4 is 21.3 Å². The molecule has 0 aliphatic rings. The van der Waals surface area contributed by atoms with E-state index in [0.29, 0.717) is 18.1 Å². The summed E-state index contributed by atoms with van der Waals surface area (Å²) in [5, 5.41) is 10.7. The fourth-order valence-corrected chi connectivity index (χ4v) is 4.13. The monoisotopic (exact) mass is 606 g/mol. The lowest BCUT2D eigenvalue weighted by molar-refractivity contribution is -0.131.